The zero-order valence-electron chi connectivity index (χ0n) is 44.8. The van der Waals surface area contributed by atoms with Gasteiger partial charge in [0, 0.05) is 98.4 Å². The van der Waals surface area contributed by atoms with E-state index in [-0.39, 0.29) is 0 Å². The second-order valence-electron chi connectivity index (χ2n) is 22.0. The Bertz CT molecular complexity index is 5430. The van der Waals surface area contributed by atoms with E-state index in [1.54, 1.807) is 0 Å². The molecule has 7 heterocycles. The first-order valence-electron chi connectivity index (χ1n) is 28.4. The molecule has 8 heteroatoms. The molecule has 390 valence electrons. The standard InChI is InChI=1S/C76H43N5O3/c1-7-28-58-50(22-1)70-61(34-37-67-73(70)53-25-4-10-31-64(53)82-67)79(58)47-19-13-16-44(40-47)56-43-57(45-17-14-20-48(41-45)80-59-29-8-2-23-51(59)71-62(80)35-38-68-74(71)54-26-5-11-32-65(54)83-68)78-76(77-56)46-18-15-21-49(42-46)81-60-30-9-3-24-52(60)72-63(81)36-39-69-75(72)55-27-6-12-33-66(55)84-69/h1-43H. The molecular formula is C76H43N5O3. The molecular weight excluding hydrogens is 1030 g/mol. The van der Waals surface area contributed by atoms with E-state index in [4.69, 9.17) is 23.2 Å². The van der Waals surface area contributed by atoms with Crippen LogP contribution < -0.4 is 0 Å². The maximum Gasteiger partial charge on any atom is 0.160 e. The fraction of sp³-hybridized carbons (Fsp3) is 0. The van der Waals surface area contributed by atoms with Gasteiger partial charge in [0.05, 0.1) is 44.5 Å². The van der Waals surface area contributed by atoms with Crippen LogP contribution >= 0.6 is 0 Å². The van der Waals surface area contributed by atoms with Crippen molar-refractivity contribution in [1.82, 2.24) is 23.7 Å². The zero-order valence-corrected chi connectivity index (χ0v) is 44.8. The Morgan fingerprint density at radius 1 is 0.226 bits per heavy atom. The third-order valence-electron chi connectivity index (χ3n) is 17.4. The molecule has 0 atom stereocenters. The minimum absolute atomic E-state index is 0.612. The first-order valence-corrected chi connectivity index (χ1v) is 28.4. The van der Waals surface area contributed by atoms with E-state index in [9.17, 15) is 0 Å². The van der Waals surface area contributed by atoms with Gasteiger partial charge < -0.3 is 27.0 Å². The molecule has 0 spiro atoms. The molecule has 0 N–H and O–H groups in total. The normalized spacial score (nSPS) is 12.3. The van der Waals surface area contributed by atoms with Crippen LogP contribution in [0.2, 0.25) is 0 Å². The highest BCUT2D eigenvalue weighted by Crippen LogP contribution is 2.46. The average molecular weight is 1070 g/mol. The molecule has 0 bridgehead atoms. The lowest BCUT2D eigenvalue weighted by Crippen LogP contribution is -2.00. The predicted octanol–water partition coefficient (Wildman–Crippen LogP) is 20.5. The van der Waals surface area contributed by atoms with E-state index in [1.165, 1.54) is 10.8 Å². The number of benzene rings is 12. The van der Waals surface area contributed by atoms with Crippen molar-refractivity contribution in [3.05, 3.63) is 261 Å². The number of para-hydroxylation sites is 6. The quantitative estimate of drug-likeness (QED) is 0.166. The molecule has 0 saturated heterocycles. The fourth-order valence-electron chi connectivity index (χ4n) is 13.9. The summed E-state index contributed by atoms with van der Waals surface area (Å²) in [5.41, 5.74) is 19.3. The van der Waals surface area contributed by atoms with Crippen molar-refractivity contribution >= 4 is 131 Å². The lowest BCUT2D eigenvalue weighted by Gasteiger charge is -2.14. The van der Waals surface area contributed by atoms with Gasteiger partial charge in [0.1, 0.15) is 33.5 Å². The summed E-state index contributed by atoms with van der Waals surface area (Å²) in [7, 11) is 0. The van der Waals surface area contributed by atoms with Crippen LogP contribution in [0.1, 0.15) is 0 Å². The maximum atomic E-state index is 6.45. The summed E-state index contributed by atoms with van der Waals surface area (Å²) in [4.78, 5) is 11.1. The van der Waals surface area contributed by atoms with Gasteiger partial charge in [-0.15, -0.1) is 0 Å². The van der Waals surface area contributed by atoms with Crippen LogP contribution in [0.5, 0.6) is 0 Å². The summed E-state index contributed by atoms with van der Waals surface area (Å²) in [6, 6.07) is 92.3. The number of hydrogen-bond donors (Lipinski definition) is 0. The van der Waals surface area contributed by atoms with E-state index in [0.29, 0.717) is 5.82 Å². The van der Waals surface area contributed by atoms with E-state index in [1.807, 2.05) is 24.3 Å². The Hall–Kier alpha value is -11.5. The van der Waals surface area contributed by atoms with Crippen LogP contribution in [-0.2, 0) is 0 Å². The van der Waals surface area contributed by atoms with Crippen molar-refractivity contribution in [3.63, 3.8) is 0 Å². The Morgan fingerprint density at radius 3 is 0.929 bits per heavy atom. The summed E-state index contributed by atoms with van der Waals surface area (Å²) in [6.45, 7) is 0. The van der Waals surface area contributed by atoms with Crippen LogP contribution in [0.25, 0.3) is 182 Å². The van der Waals surface area contributed by atoms with Gasteiger partial charge >= 0.3 is 0 Å². The lowest BCUT2D eigenvalue weighted by atomic mass is 10.0. The Labute approximate surface area is 477 Å². The third kappa shape index (κ3) is 6.36. The number of nitrogens with zero attached hydrogens (tertiary/aromatic N) is 5. The second-order valence-corrected chi connectivity index (χ2v) is 22.0. The van der Waals surface area contributed by atoms with Crippen molar-refractivity contribution in [1.29, 1.82) is 0 Å². The Kier molecular flexibility index (Phi) is 9.18. The monoisotopic (exact) mass is 1070 g/mol. The van der Waals surface area contributed by atoms with Crippen LogP contribution in [0.4, 0.5) is 0 Å². The minimum Gasteiger partial charge on any atom is -0.456 e. The van der Waals surface area contributed by atoms with Crippen molar-refractivity contribution in [2.45, 2.75) is 0 Å². The molecule has 0 amide bonds. The number of hydrogen-bond acceptors (Lipinski definition) is 5. The van der Waals surface area contributed by atoms with Crippen LogP contribution in [0, 0.1) is 0 Å². The van der Waals surface area contributed by atoms with E-state index < -0.39 is 0 Å². The summed E-state index contributed by atoms with van der Waals surface area (Å²) < 4.78 is 26.5. The zero-order chi connectivity index (χ0) is 54.7. The number of aromatic nitrogens is 5. The number of fused-ring (bicyclic) bond motifs is 21. The number of rotatable bonds is 6. The molecule has 12 aromatic carbocycles. The smallest absolute Gasteiger partial charge is 0.160 e. The van der Waals surface area contributed by atoms with Crippen LogP contribution in [-0.4, -0.2) is 23.7 Å². The molecule has 84 heavy (non-hydrogen) atoms. The lowest BCUT2D eigenvalue weighted by molar-refractivity contribution is 0.669. The summed E-state index contributed by atoms with van der Waals surface area (Å²) >= 11 is 0. The van der Waals surface area contributed by atoms with Crippen molar-refractivity contribution < 1.29 is 13.3 Å². The van der Waals surface area contributed by atoms with Gasteiger partial charge in [-0.2, -0.15) is 0 Å². The van der Waals surface area contributed by atoms with E-state index in [0.717, 1.165) is 166 Å². The summed E-state index contributed by atoms with van der Waals surface area (Å²) in [5.74, 6) is 0.612. The summed E-state index contributed by atoms with van der Waals surface area (Å²) in [5, 5.41) is 13.7. The maximum absolute atomic E-state index is 6.45. The molecule has 19 aromatic rings. The van der Waals surface area contributed by atoms with Crippen LogP contribution in [0.15, 0.2) is 274 Å². The topological polar surface area (TPSA) is 80.0 Å². The highest BCUT2D eigenvalue weighted by Gasteiger charge is 2.24. The highest BCUT2D eigenvalue weighted by atomic mass is 16.3. The van der Waals surface area contributed by atoms with E-state index in [2.05, 4.69) is 250 Å². The molecule has 0 aliphatic heterocycles. The second kappa shape index (κ2) is 17.0. The van der Waals surface area contributed by atoms with Crippen molar-refractivity contribution in [3.8, 4) is 51.0 Å². The van der Waals surface area contributed by atoms with Gasteiger partial charge in [-0.3, -0.25) is 0 Å². The fourth-order valence-corrected chi connectivity index (χ4v) is 13.9. The average Bonchev–Trinajstić information content (AvgIpc) is 2.54. The van der Waals surface area contributed by atoms with Crippen LogP contribution in [0.3, 0.4) is 0 Å². The third-order valence-corrected chi connectivity index (χ3v) is 17.4. The predicted molar refractivity (Wildman–Crippen MR) is 343 cm³/mol. The molecule has 0 fully saturated rings. The van der Waals surface area contributed by atoms with Gasteiger partial charge in [-0.1, -0.05) is 146 Å². The molecule has 0 aliphatic carbocycles. The minimum atomic E-state index is 0.612. The van der Waals surface area contributed by atoms with Gasteiger partial charge in [-0.05, 0) is 115 Å². The van der Waals surface area contributed by atoms with Gasteiger partial charge in [-0.25, -0.2) is 9.97 Å². The molecule has 0 aliphatic rings. The first-order chi connectivity index (χ1) is 41.6. The molecule has 19 rings (SSSR count). The highest BCUT2D eigenvalue weighted by molar-refractivity contribution is 6.30. The van der Waals surface area contributed by atoms with E-state index >= 15 is 0 Å². The molecule has 8 nitrogen and oxygen atoms in total. The van der Waals surface area contributed by atoms with Crippen molar-refractivity contribution in [2.75, 3.05) is 0 Å². The van der Waals surface area contributed by atoms with Gasteiger partial charge in [0.2, 0.25) is 0 Å². The summed E-state index contributed by atoms with van der Waals surface area (Å²) in [6.07, 6.45) is 0. The Balaban J connectivity index is 0.822. The van der Waals surface area contributed by atoms with Gasteiger partial charge in [0.25, 0.3) is 0 Å². The SMILES string of the molecule is c1cc(-c2cc(-c3cccc(-n4c5ccccc5c5c6c(ccc54)oc4ccccc46)c3)nc(-c3cccc(-n4c5ccccc5c5c6c(ccc54)oc4ccccc46)c3)n2)cc(-n2c3ccccc3c3c4c(ccc32)oc2ccccc24)c1. The number of furan rings is 3. The molecule has 0 unspecified atom stereocenters. The first kappa shape index (κ1) is 45.3. The molecule has 0 radical (unpaired) electrons. The largest absolute Gasteiger partial charge is 0.456 e. The van der Waals surface area contributed by atoms with Gasteiger partial charge in [0.15, 0.2) is 5.82 Å². The molecule has 7 aromatic heterocycles. The Morgan fingerprint density at radius 2 is 0.548 bits per heavy atom. The van der Waals surface area contributed by atoms with Crippen molar-refractivity contribution in [2.24, 2.45) is 0 Å². The molecule has 0 saturated carbocycles.